The molecule has 1 aromatic rings. The predicted molar refractivity (Wildman–Crippen MR) is 115 cm³/mol. The van der Waals surface area contributed by atoms with Crippen molar-refractivity contribution >= 4 is 5.97 Å². The molecule has 4 atom stereocenters. The van der Waals surface area contributed by atoms with E-state index in [1.807, 2.05) is 26.8 Å². The lowest BCUT2D eigenvalue weighted by Crippen LogP contribution is -2.60. The van der Waals surface area contributed by atoms with E-state index in [0.29, 0.717) is 25.7 Å². The highest BCUT2D eigenvalue weighted by atomic mass is 19.4. The summed E-state index contributed by atoms with van der Waals surface area (Å²) in [6.45, 7) is 9.79. The molecule has 0 aromatic heterocycles. The van der Waals surface area contributed by atoms with Crippen LogP contribution in [0.25, 0.3) is 0 Å². The zero-order chi connectivity index (χ0) is 23.9. The molecule has 0 saturated heterocycles. The molecule has 1 saturated carbocycles. The van der Waals surface area contributed by atoms with E-state index in [9.17, 15) is 23.1 Å². The smallest absolute Gasteiger partial charge is 0.432 e. The summed E-state index contributed by atoms with van der Waals surface area (Å²) in [6.07, 6.45) is -2.93. The lowest BCUT2D eigenvalue weighted by molar-refractivity contribution is -0.282. The van der Waals surface area contributed by atoms with E-state index in [2.05, 4.69) is 6.58 Å². The van der Waals surface area contributed by atoms with Crippen LogP contribution in [0.4, 0.5) is 13.2 Å². The number of benzene rings is 1. The largest absolute Gasteiger partial charge is 0.459 e. The third-order valence-electron chi connectivity index (χ3n) is 7.57. The van der Waals surface area contributed by atoms with Gasteiger partial charge in [0.1, 0.15) is 6.10 Å². The zero-order valence-corrected chi connectivity index (χ0v) is 19.0. The number of allylic oxidation sites excluding steroid dienone is 1. The molecule has 0 aliphatic heterocycles. The van der Waals surface area contributed by atoms with Gasteiger partial charge >= 0.3 is 12.1 Å². The van der Waals surface area contributed by atoms with Crippen LogP contribution in [-0.4, -0.2) is 36.6 Å². The molecule has 0 heterocycles. The van der Waals surface area contributed by atoms with Gasteiger partial charge in [0.2, 0.25) is 0 Å². The van der Waals surface area contributed by atoms with Crippen molar-refractivity contribution in [3.63, 3.8) is 0 Å². The number of ether oxygens (including phenoxy) is 2. The second-order valence-electron chi connectivity index (χ2n) is 9.45. The molecule has 0 unspecified atom stereocenters. The maximum atomic E-state index is 14.3. The van der Waals surface area contributed by atoms with Crippen LogP contribution in [0.3, 0.4) is 0 Å². The molecule has 0 radical (unpaired) electrons. The maximum absolute atomic E-state index is 14.3. The standard InChI is InChI=1S/C25H31F3O4/c1-16-13-14-23(19(29)15-16)17(2)11-12-20(22(23,3)4)32-21(30)24(31-5,25(26,27)28)18-9-7-6-8-10-18/h6-10,13,19-20,29H,2,11-12,14-15H2,1,3-5H3/t19-,20+,23-,24+/m0/s1. The summed E-state index contributed by atoms with van der Waals surface area (Å²) >= 11 is 0. The van der Waals surface area contributed by atoms with Gasteiger partial charge in [0.25, 0.3) is 5.60 Å². The van der Waals surface area contributed by atoms with Crippen LogP contribution in [0.1, 0.15) is 52.0 Å². The molecule has 2 aliphatic carbocycles. The monoisotopic (exact) mass is 452 g/mol. The number of aliphatic hydroxyl groups excluding tert-OH is 1. The van der Waals surface area contributed by atoms with Crippen LogP contribution in [0.2, 0.25) is 0 Å². The fourth-order valence-corrected chi connectivity index (χ4v) is 5.54. The lowest BCUT2D eigenvalue weighted by atomic mass is 9.49. The number of esters is 1. The van der Waals surface area contributed by atoms with Gasteiger partial charge in [-0.05, 0) is 32.6 Å². The highest BCUT2D eigenvalue weighted by molar-refractivity contribution is 5.83. The number of hydrogen-bond donors (Lipinski definition) is 1. The van der Waals surface area contributed by atoms with Crippen molar-refractivity contribution in [2.45, 2.75) is 70.4 Å². The number of alkyl halides is 3. The maximum Gasteiger partial charge on any atom is 0.432 e. The van der Waals surface area contributed by atoms with Gasteiger partial charge in [-0.25, -0.2) is 4.79 Å². The molecular weight excluding hydrogens is 421 g/mol. The van der Waals surface area contributed by atoms with Crippen molar-refractivity contribution in [2.75, 3.05) is 7.11 Å². The summed E-state index contributed by atoms with van der Waals surface area (Å²) in [5.41, 5.74) is -3.35. The highest BCUT2D eigenvalue weighted by Gasteiger charge is 2.66. The molecule has 4 nitrogen and oxygen atoms in total. The van der Waals surface area contributed by atoms with Crippen LogP contribution in [0.5, 0.6) is 0 Å². The third kappa shape index (κ3) is 3.50. The summed E-state index contributed by atoms with van der Waals surface area (Å²) in [6, 6.07) is 6.79. The zero-order valence-electron chi connectivity index (χ0n) is 19.0. The van der Waals surface area contributed by atoms with Gasteiger partial charge in [0.15, 0.2) is 0 Å². The van der Waals surface area contributed by atoms with E-state index in [1.165, 1.54) is 24.3 Å². The van der Waals surface area contributed by atoms with Gasteiger partial charge in [-0.3, -0.25) is 0 Å². The minimum absolute atomic E-state index is 0.321. The summed E-state index contributed by atoms with van der Waals surface area (Å²) in [5.74, 6) is -1.50. The number of aliphatic hydroxyl groups is 1. The van der Waals surface area contributed by atoms with Crippen molar-refractivity contribution in [3.05, 3.63) is 59.7 Å². The third-order valence-corrected chi connectivity index (χ3v) is 7.57. The molecule has 1 aromatic carbocycles. The predicted octanol–water partition coefficient (Wildman–Crippen LogP) is 5.47. The Kier molecular flexibility index (Phi) is 6.39. The van der Waals surface area contributed by atoms with Gasteiger partial charge in [-0.1, -0.05) is 68.0 Å². The normalized spacial score (nSPS) is 29.9. The Labute approximate surface area is 187 Å². The molecule has 0 amide bonds. The number of hydrogen-bond acceptors (Lipinski definition) is 4. The average molecular weight is 453 g/mol. The van der Waals surface area contributed by atoms with Crippen molar-refractivity contribution in [1.29, 1.82) is 0 Å². The summed E-state index contributed by atoms with van der Waals surface area (Å²) in [4.78, 5) is 13.2. The Morgan fingerprint density at radius 2 is 1.84 bits per heavy atom. The van der Waals surface area contributed by atoms with E-state index < -0.39 is 40.8 Å². The minimum Gasteiger partial charge on any atom is -0.459 e. The molecule has 0 bridgehead atoms. The first-order valence-corrected chi connectivity index (χ1v) is 10.7. The molecule has 3 rings (SSSR count). The van der Waals surface area contributed by atoms with E-state index in [1.54, 1.807) is 6.07 Å². The molecular formula is C25H31F3O4. The Hall–Kier alpha value is -2.12. The summed E-state index contributed by atoms with van der Waals surface area (Å²) in [5, 5.41) is 11.1. The average Bonchev–Trinajstić information content (AvgIpc) is 2.70. The van der Waals surface area contributed by atoms with Crippen LogP contribution >= 0.6 is 0 Å². The fourth-order valence-electron chi connectivity index (χ4n) is 5.54. The van der Waals surface area contributed by atoms with Crippen molar-refractivity contribution in [1.82, 2.24) is 0 Å². The number of carbonyl (C=O) groups excluding carboxylic acids is 1. The van der Waals surface area contributed by atoms with Crippen LogP contribution in [-0.2, 0) is 19.9 Å². The van der Waals surface area contributed by atoms with Crippen LogP contribution in [0, 0.1) is 10.8 Å². The molecule has 176 valence electrons. The van der Waals surface area contributed by atoms with E-state index >= 15 is 0 Å². The second-order valence-corrected chi connectivity index (χ2v) is 9.45. The molecule has 2 aliphatic rings. The van der Waals surface area contributed by atoms with Gasteiger partial charge in [-0.2, -0.15) is 13.2 Å². The van der Waals surface area contributed by atoms with Crippen LogP contribution in [0.15, 0.2) is 54.1 Å². The number of carbonyl (C=O) groups is 1. The van der Waals surface area contributed by atoms with Gasteiger partial charge in [0.05, 0.1) is 6.10 Å². The highest BCUT2D eigenvalue weighted by Crippen LogP contribution is 2.60. The number of rotatable bonds is 4. The van der Waals surface area contributed by atoms with Gasteiger partial charge < -0.3 is 14.6 Å². The molecule has 1 spiro atoms. The Balaban J connectivity index is 2.01. The lowest BCUT2D eigenvalue weighted by Gasteiger charge is -2.58. The summed E-state index contributed by atoms with van der Waals surface area (Å²) in [7, 11) is 0.857. The first-order valence-electron chi connectivity index (χ1n) is 10.7. The quantitative estimate of drug-likeness (QED) is 0.487. The second kappa shape index (κ2) is 8.34. The Morgan fingerprint density at radius 3 is 2.38 bits per heavy atom. The first-order chi connectivity index (χ1) is 14.8. The molecule has 1 N–H and O–H groups in total. The summed E-state index contributed by atoms with van der Waals surface area (Å²) < 4.78 is 53.4. The number of halogens is 3. The first kappa shape index (κ1) is 24.5. The van der Waals surface area contributed by atoms with Crippen molar-refractivity contribution in [2.24, 2.45) is 10.8 Å². The molecule has 1 fully saturated rings. The van der Waals surface area contributed by atoms with E-state index in [4.69, 9.17) is 9.47 Å². The van der Waals surface area contributed by atoms with Crippen molar-refractivity contribution in [3.8, 4) is 0 Å². The van der Waals surface area contributed by atoms with Gasteiger partial charge in [-0.15, -0.1) is 0 Å². The minimum atomic E-state index is -5.04. The molecule has 7 heteroatoms. The fraction of sp³-hybridized carbons (Fsp3) is 0.560. The van der Waals surface area contributed by atoms with E-state index in [-0.39, 0.29) is 5.56 Å². The number of methoxy groups -OCH3 is 1. The van der Waals surface area contributed by atoms with Gasteiger partial charge in [0, 0.05) is 23.5 Å². The Morgan fingerprint density at radius 1 is 1.22 bits per heavy atom. The topological polar surface area (TPSA) is 55.8 Å². The SMILES string of the molecule is C=C1CC[C@@H](OC(=O)[C@](OC)(c2ccccc2)C(F)(F)F)C(C)(C)[C@@]12CC=C(C)C[C@@H]2O. The van der Waals surface area contributed by atoms with Crippen LogP contribution < -0.4 is 0 Å². The Bertz CT molecular complexity index is 906. The molecule has 32 heavy (non-hydrogen) atoms. The van der Waals surface area contributed by atoms with Crippen molar-refractivity contribution < 1.29 is 32.5 Å². The van der Waals surface area contributed by atoms with E-state index in [0.717, 1.165) is 18.3 Å².